The molecule has 0 aromatic rings. The highest BCUT2D eigenvalue weighted by molar-refractivity contribution is 5.88. The standard InChI is InChI=1S/C16H31N3O/c1-6-8-14-17-16(4,7-2)15(20)19(14)11-12(3)18(5)13-9-10-13/h12-14,17H,6-11H2,1-5H3. The van der Waals surface area contributed by atoms with Crippen molar-refractivity contribution in [2.45, 2.75) is 83.6 Å². The van der Waals surface area contributed by atoms with Crippen LogP contribution in [0, 0.1) is 0 Å². The van der Waals surface area contributed by atoms with E-state index in [4.69, 9.17) is 0 Å². The molecular formula is C16H31N3O. The maximum absolute atomic E-state index is 12.7. The molecular weight excluding hydrogens is 250 g/mol. The topological polar surface area (TPSA) is 35.6 Å². The van der Waals surface area contributed by atoms with E-state index >= 15 is 0 Å². The summed E-state index contributed by atoms with van der Waals surface area (Å²) in [7, 11) is 2.20. The van der Waals surface area contributed by atoms with Crippen LogP contribution in [-0.2, 0) is 4.79 Å². The SMILES string of the molecule is CCCC1NC(C)(CC)C(=O)N1CC(C)N(C)C1CC1. The van der Waals surface area contributed by atoms with Gasteiger partial charge in [0.15, 0.2) is 0 Å². The van der Waals surface area contributed by atoms with Crippen molar-refractivity contribution in [3.8, 4) is 0 Å². The Hall–Kier alpha value is -0.610. The second-order valence-corrected chi connectivity index (χ2v) is 6.84. The summed E-state index contributed by atoms with van der Waals surface area (Å²) in [6.07, 6.45) is 5.86. The zero-order valence-electron chi connectivity index (χ0n) is 13.8. The second kappa shape index (κ2) is 6.02. The number of amides is 1. The molecule has 3 atom stereocenters. The Morgan fingerprint density at radius 2 is 2.10 bits per heavy atom. The van der Waals surface area contributed by atoms with Gasteiger partial charge in [-0.1, -0.05) is 20.3 Å². The quantitative estimate of drug-likeness (QED) is 0.777. The van der Waals surface area contributed by atoms with Crippen LogP contribution in [0.25, 0.3) is 0 Å². The minimum Gasteiger partial charge on any atom is -0.324 e. The van der Waals surface area contributed by atoms with E-state index in [-0.39, 0.29) is 17.6 Å². The fourth-order valence-corrected chi connectivity index (χ4v) is 3.19. The van der Waals surface area contributed by atoms with Crippen molar-refractivity contribution in [2.75, 3.05) is 13.6 Å². The van der Waals surface area contributed by atoms with Gasteiger partial charge in [0, 0.05) is 18.6 Å². The highest BCUT2D eigenvalue weighted by atomic mass is 16.2. The minimum absolute atomic E-state index is 0.215. The van der Waals surface area contributed by atoms with Crippen LogP contribution in [0.1, 0.15) is 59.8 Å². The van der Waals surface area contributed by atoms with E-state index in [9.17, 15) is 4.79 Å². The lowest BCUT2D eigenvalue weighted by Gasteiger charge is -2.32. The fourth-order valence-electron chi connectivity index (χ4n) is 3.19. The second-order valence-electron chi connectivity index (χ2n) is 6.84. The predicted molar refractivity (Wildman–Crippen MR) is 82.5 cm³/mol. The Balaban J connectivity index is 2.04. The Kier molecular flexibility index (Phi) is 4.75. The molecule has 1 N–H and O–H groups in total. The van der Waals surface area contributed by atoms with Crippen LogP contribution in [0.5, 0.6) is 0 Å². The van der Waals surface area contributed by atoms with Gasteiger partial charge < -0.3 is 4.90 Å². The molecule has 0 radical (unpaired) electrons. The lowest BCUT2D eigenvalue weighted by molar-refractivity contribution is -0.133. The lowest BCUT2D eigenvalue weighted by Crippen LogP contribution is -2.46. The molecule has 2 fully saturated rings. The molecule has 0 aromatic heterocycles. The zero-order chi connectivity index (χ0) is 14.9. The van der Waals surface area contributed by atoms with Gasteiger partial charge in [-0.3, -0.25) is 15.0 Å². The molecule has 0 bridgehead atoms. The molecule has 116 valence electrons. The summed E-state index contributed by atoms with van der Waals surface area (Å²) in [5.74, 6) is 0.287. The smallest absolute Gasteiger partial charge is 0.243 e. The van der Waals surface area contributed by atoms with Crippen LogP contribution < -0.4 is 5.32 Å². The van der Waals surface area contributed by atoms with Crippen molar-refractivity contribution in [3.05, 3.63) is 0 Å². The summed E-state index contributed by atoms with van der Waals surface area (Å²) in [4.78, 5) is 17.3. The number of carbonyl (C=O) groups excluding carboxylic acids is 1. The average molecular weight is 281 g/mol. The van der Waals surface area contributed by atoms with Crippen LogP contribution in [0.3, 0.4) is 0 Å². The van der Waals surface area contributed by atoms with Gasteiger partial charge in [-0.15, -0.1) is 0 Å². The predicted octanol–water partition coefficient (Wildman–Crippen LogP) is 2.20. The Bertz CT molecular complexity index is 356. The molecule has 1 saturated carbocycles. The zero-order valence-corrected chi connectivity index (χ0v) is 13.8. The first-order valence-electron chi connectivity index (χ1n) is 8.23. The van der Waals surface area contributed by atoms with Crippen LogP contribution in [-0.4, -0.2) is 53.1 Å². The third-order valence-electron chi connectivity index (χ3n) is 5.14. The van der Waals surface area contributed by atoms with E-state index < -0.39 is 0 Å². The lowest BCUT2D eigenvalue weighted by atomic mass is 9.99. The van der Waals surface area contributed by atoms with Crippen LogP contribution in [0.2, 0.25) is 0 Å². The molecule has 2 aliphatic rings. The van der Waals surface area contributed by atoms with Crippen LogP contribution >= 0.6 is 0 Å². The highest BCUT2D eigenvalue weighted by Crippen LogP contribution is 2.29. The van der Waals surface area contributed by atoms with Crippen molar-refractivity contribution in [1.82, 2.24) is 15.1 Å². The number of likely N-dealkylation sites (N-methyl/N-ethyl adjacent to an activating group) is 1. The van der Waals surface area contributed by atoms with Gasteiger partial charge in [-0.25, -0.2) is 0 Å². The summed E-state index contributed by atoms with van der Waals surface area (Å²) in [6, 6.07) is 1.18. The van der Waals surface area contributed by atoms with Gasteiger partial charge in [0.05, 0.1) is 11.7 Å². The first-order chi connectivity index (χ1) is 9.42. The number of rotatable bonds is 7. The molecule has 1 saturated heterocycles. The Labute approximate surface area is 123 Å². The first-order valence-corrected chi connectivity index (χ1v) is 8.23. The third-order valence-corrected chi connectivity index (χ3v) is 5.14. The summed E-state index contributed by atoms with van der Waals surface area (Å²) >= 11 is 0. The Morgan fingerprint density at radius 3 is 2.60 bits per heavy atom. The Morgan fingerprint density at radius 1 is 1.45 bits per heavy atom. The molecule has 4 nitrogen and oxygen atoms in total. The van der Waals surface area contributed by atoms with Gasteiger partial charge in [0.1, 0.15) is 0 Å². The van der Waals surface area contributed by atoms with Gasteiger partial charge in [-0.2, -0.15) is 0 Å². The molecule has 4 heteroatoms. The fraction of sp³-hybridized carbons (Fsp3) is 0.938. The molecule has 1 amide bonds. The largest absolute Gasteiger partial charge is 0.324 e. The van der Waals surface area contributed by atoms with Crippen molar-refractivity contribution >= 4 is 5.91 Å². The monoisotopic (exact) mass is 281 g/mol. The maximum atomic E-state index is 12.7. The normalized spacial score (nSPS) is 32.2. The third kappa shape index (κ3) is 3.01. The first kappa shape index (κ1) is 15.8. The maximum Gasteiger partial charge on any atom is 0.243 e. The molecule has 1 heterocycles. The van der Waals surface area contributed by atoms with Crippen molar-refractivity contribution in [1.29, 1.82) is 0 Å². The molecule has 1 aliphatic heterocycles. The molecule has 1 aliphatic carbocycles. The molecule has 3 unspecified atom stereocenters. The number of nitrogens with zero attached hydrogens (tertiary/aromatic N) is 2. The van der Waals surface area contributed by atoms with Crippen LogP contribution in [0.4, 0.5) is 0 Å². The van der Waals surface area contributed by atoms with Crippen molar-refractivity contribution in [3.63, 3.8) is 0 Å². The average Bonchev–Trinajstić information content (AvgIpc) is 3.23. The van der Waals surface area contributed by atoms with E-state index in [1.165, 1.54) is 12.8 Å². The number of carbonyl (C=O) groups is 1. The highest BCUT2D eigenvalue weighted by Gasteiger charge is 2.46. The molecule has 0 aromatic carbocycles. The molecule has 0 spiro atoms. The minimum atomic E-state index is -0.363. The molecule has 2 rings (SSSR count). The number of hydrogen-bond donors (Lipinski definition) is 1. The van der Waals surface area contributed by atoms with Crippen LogP contribution in [0.15, 0.2) is 0 Å². The van der Waals surface area contributed by atoms with E-state index in [2.05, 4.69) is 42.9 Å². The number of hydrogen-bond acceptors (Lipinski definition) is 3. The number of nitrogens with one attached hydrogen (secondary N) is 1. The van der Waals surface area contributed by atoms with E-state index in [1.54, 1.807) is 0 Å². The van der Waals surface area contributed by atoms with Crippen molar-refractivity contribution < 1.29 is 4.79 Å². The summed E-state index contributed by atoms with van der Waals surface area (Å²) in [6.45, 7) is 9.42. The summed E-state index contributed by atoms with van der Waals surface area (Å²) in [5, 5.41) is 3.56. The van der Waals surface area contributed by atoms with Gasteiger partial charge in [0.25, 0.3) is 0 Å². The van der Waals surface area contributed by atoms with Gasteiger partial charge in [-0.05, 0) is 46.6 Å². The van der Waals surface area contributed by atoms with E-state index in [0.29, 0.717) is 6.04 Å². The summed E-state index contributed by atoms with van der Waals surface area (Å²) < 4.78 is 0. The van der Waals surface area contributed by atoms with Crippen molar-refractivity contribution in [2.24, 2.45) is 0 Å². The van der Waals surface area contributed by atoms with E-state index in [1.807, 2.05) is 6.92 Å². The molecule has 20 heavy (non-hydrogen) atoms. The van der Waals surface area contributed by atoms with Gasteiger partial charge >= 0.3 is 0 Å². The van der Waals surface area contributed by atoms with E-state index in [0.717, 1.165) is 31.8 Å². The van der Waals surface area contributed by atoms with Gasteiger partial charge in [0.2, 0.25) is 5.91 Å². The summed E-state index contributed by atoms with van der Waals surface area (Å²) in [5.41, 5.74) is -0.363.